The summed E-state index contributed by atoms with van der Waals surface area (Å²) in [5.41, 5.74) is 12.2. The monoisotopic (exact) mass is 757 g/mol. The van der Waals surface area contributed by atoms with Crippen LogP contribution in [-0.4, -0.2) is 14.5 Å². The lowest BCUT2D eigenvalue weighted by Gasteiger charge is -2.57. The van der Waals surface area contributed by atoms with Gasteiger partial charge in [-0.25, -0.2) is 9.97 Å². The average Bonchev–Trinajstić information content (AvgIpc) is 3.60. The summed E-state index contributed by atoms with van der Waals surface area (Å²) in [6.45, 7) is 0. The van der Waals surface area contributed by atoms with Crippen LogP contribution >= 0.6 is 0 Å². The quantitative estimate of drug-likeness (QED) is 0.175. The van der Waals surface area contributed by atoms with E-state index in [1.54, 1.807) is 5.56 Å². The number of fused-ring (bicyclic) bond motifs is 6. The molecule has 0 atom stereocenters. The molecule has 0 unspecified atom stereocenters. The van der Waals surface area contributed by atoms with Crippen LogP contribution in [-0.2, 0) is 5.41 Å². The normalized spacial score (nSPS) is 21.1. The molecule has 0 saturated heterocycles. The van der Waals surface area contributed by atoms with E-state index < -0.39 is 0 Å². The molecule has 4 bridgehead atoms. The fraction of sp³-hybridized carbons (Fsp3) is 0.179. The van der Waals surface area contributed by atoms with Crippen molar-refractivity contribution in [3.05, 3.63) is 175 Å². The van der Waals surface area contributed by atoms with Gasteiger partial charge in [0.25, 0.3) is 0 Å². The molecule has 4 aliphatic rings. The van der Waals surface area contributed by atoms with Gasteiger partial charge < -0.3 is 0 Å². The Labute approximate surface area is 344 Å². The Morgan fingerprint density at radius 1 is 0.441 bits per heavy atom. The lowest BCUT2D eigenvalue weighted by atomic mass is 9.48. The Morgan fingerprint density at radius 3 is 1.69 bits per heavy atom. The molecule has 282 valence electrons. The smallest absolute Gasteiger partial charge is 0.235 e. The van der Waals surface area contributed by atoms with Gasteiger partial charge in [0.05, 0.1) is 22.2 Å². The van der Waals surface area contributed by atoms with Crippen molar-refractivity contribution in [3.8, 4) is 39.5 Å². The SMILES string of the molecule is c1ccc2cc3c(cc2c1)c1ccccc1n3-c1nc(-c2ccc(-c3cccc4cccc(-c5ccc(C67CC8CC(CC(C8)C6)C7)cc5)c34)cc2)c2ccccc2n1. The van der Waals surface area contributed by atoms with Crippen LogP contribution in [0, 0.1) is 17.8 Å². The van der Waals surface area contributed by atoms with Gasteiger partial charge in [0.2, 0.25) is 5.95 Å². The molecule has 2 aromatic heterocycles. The number of nitrogens with zero attached hydrogens (tertiary/aromatic N) is 3. The van der Waals surface area contributed by atoms with Crippen LogP contribution in [0.25, 0.3) is 93.7 Å². The maximum atomic E-state index is 5.42. The minimum absolute atomic E-state index is 0.410. The predicted octanol–water partition coefficient (Wildman–Crippen LogP) is 14.5. The summed E-state index contributed by atoms with van der Waals surface area (Å²) in [5, 5.41) is 8.44. The summed E-state index contributed by atoms with van der Waals surface area (Å²) in [6.07, 6.45) is 8.64. The molecule has 3 heteroatoms. The first-order valence-corrected chi connectivity index (χ1v) is 21.6. The molecule has 10 aromatic rings. The van der Waals surface area contributed by atoms with Crippen LogP contribution in [0.5, 0.6) is 0 Å². The maximum absolute atomic E-state index is 5.42. The third kappa shape index (κ3) is 5.20. The standard InChI is InChI=1S/C56H43N3/c1-2-10-43-31-52-49(30-42(43)9-1)47-13-4-6-18-51(47)59(52)55-57-50-17-5-3-14-48(50)54(58-55)41-21-19-38(20-22-41)45-15-7-11-40-12-8-16-46(53(40)45)39-23-25-44(26-24-39)56-32-35-27-36(33-56)29-37(28-35)34-56/h1-26,30-31,35-37H,27-29,32-34H2. The zero-order valence-corrected chi connectivity index (χ0v) is 33.0. The third-order valence-corrected chi connectivity index (χ3v) is 14.6. The van der Waals surface area contributed by atoms with Crippen LogP contribution in [0.3, 0.4) is 0 Å². The molecule has 4 aliphatic carbocycles. The molecule has 0 radical (unpaired) electrons. The Morgan fingerprint density at radius 2 is 1.00 bits per heavy atom. The molecule has 3 nitrogen and oxygen atoms in total. The highest BCUT2D eigenvalue weighted by molar-refractivity contribution is 6.13. The molecule has 4 fully saturated rings. The highest BCUT2D eigenvalue weighted by atomic mass is 15.2. The number of hydrogen-bond acceptors (Lipinski definition) is 2. The summed E-state index contributed by atoms with van der Waals surface area (Å²) in [4.78, 5) is 10.6. The first kappa shape index (κ1) is 33.4. The molecular formula is C56H43N3. The van der Waals surface area contributed by atoms with Crippen molar-refractivity contribution in [2.45, 2.75) is 43.9 Å². The topological polar surface area (TPSA) is 30.7 Å². The fourth-order valence-corrected chi connectivity index (χ4v) is 12.4. The summed E-state index contributed by atoms with van der Waals surface area (Å²) in [7, 11) is 0. The minimum atomic E-state index is 0.410. The van der Waals surface area contributed by atoms with E-state index in [1.807, 2.05) is 0 Å². The largest absolute Gasteiger partial charge is 0.278 e. The van der Waals surface area contributed by atoms with Crippen LogP contribution in [0.15, 0.2) is 170 Å². The Balaban J connectivity index is 0.910. The van der Waals surface area contributed by atoms with E-state index in [1.165, 1.54) is 93.1 Å². The van der Waals surface area contributed by atoms with Crippen LogP contribution in [0.4, 0.5) is 0 Å². The second kappa shape index (κ2) is 12.7. The number of hydrogen-bond donors (Lipinski definition) is 0. The Bertz CT molecular complexity index is 3260. The number of benzene rings is 8. The lowest BCUT2D eigenvalue weighted by Crippen LogP contribution is -2.48. The Kier molecular flexibility index (Phi) is 7.19. The number of rotatable bonds is 5. The van der Waals surface area contributed by atoms with Crippen molar-refractivity contribution < 1.29 is 0 Å². The summed E-state index contributed by atoms with van der Waals surface area (Å²) in [5.74, 6) is 3.52. The van der Waals surface area contributed by atoms with E-state index >= 15 is 0 Å². The van der Waals surface area contributed by atoms with Gasteiger partial charge in [-0.1, -0.05) is 146 Å². The van der Waals surface area contributed by atoms with Gasteiger partial charge >= 0.3 is 0 Å². The van der Waals surface area contributed by atoms with E-state index in [4.69, 9.17) is 9.97 Å². The lowest BCUT2D eigenvalue weighted by molar-refractivity contribution is -0.00518. The van der Waals surface area contributed by atoms with Crippen molar-refractivity contribution in [2.24, 2.45) is 17.8 Å². The highest BCUT2D eigenvalue weighted by Gasteiger charge is 2.51. The number of para-hydroxylation sites is 2. The van der Waals surface area contributed by atoms with Gasteiger partial charge in [0.15, 0.2) is 0 Å². The zero-order chi connectivity index (χ0) is 38.7. The van der Waals surface area contributed by atoms with Gasteiger partial charge in [0.1, 0.15) is 0 Å². The highest BCUT2D eigenvalue weighted by Crippen LogP contribution is 2.61. The van der Waals surface area contributed by atoms with Gasteiger partial charge in [-0.15, -0.1) is 0 Å². The van der Waals surface area contributed by atoms with Crippen molar-refractivity contribution >= 4 is 54.3 Å². The summed E-state index contributed by atoms with van der Waals surface area (Å²) < 4.78 is 2.24. The molecular weight excluding hydrogens is 715 g/mol. The molecule has 2 heterocycles. The van der Waals surface area contributed by atoms with Gasteiger partial charge in [-0.2, -0.15) is 0 Å². The van der Waals surface area contributed by atoms with E-state index in [2.05, 4.69) is 174 Å². The Hall–Kier alpha value is -6.58. The van der Waals surface area contributed by atoms with Crippen LogP contribution < -0.4 is 0 Å². The first-order chi connectivity index (χ1) is 29.1. The van der Waals surface area contributed by atoms with Gasteiger partial charge in [0, 0.05) is 21.7 Å². The minimum Gasteiger partial charge on any atom is -0.278 e. The van der Waals surface area contributed by atoms with Gasteiger partial charge in [-0.3, -0.25) is 4.57 Å². The second-order valence-electron chi connectivity index (χ2n) is 18.0. The van der Waals surface area contributed by atoms with E-state index in [-0.39, 0.29) is 0 Å². The average molecular weight is 758 g/mol. The van der Waals surface area contributed by atoms with Gasteiger partial charge in [-0.05, 0) is 135 Å². The number of aromatic nitrogens is 3. The van der Waals surface area contributed by atoms with E-state index in [0.29, 0.717) is 11.4 Å². The van der Waals surface area contributed by atoms with Crippen molar-refractivity contribution in [2.75, 3.05) is 0 Å². The summed E-state index contributed by atoms with van der Waals surface area (Å²) >= 11 is 0. The van der Waals surface area contributed by atoms with Crippen molar-refractivity contribution in [3.63, 3.8) is 0 Å². The second-order valence-corrected chi connectivity index (χ2v) is 18.0. The zero-order valence-electron chi connectivity index (χ0n) is 33.0. The molecule has 0 aliphatic heterocycles. The maximum Gasteiger partial charge on any atom is 0.235 e. The molecule has 4 saturated carbocycles. The fourth-order valence-electron chi connectivity index (χ4n) is 12.4. The van der Waals surface area contributed by atoms with Crippen LogP contribution in [0.2, 0.25) is 0 Å². The molecule has 0 amide bonds. The molecule has 14 rings (SSSR count). The van der Waals surface area contributed by atoms with Crippen molar-refractivity contribution in [1.29, 1.82) is 0 Å². The van der Waals surface area contributed by atoms with E-state index in [9.17, 15) is 0 Å². The molecule has 0 spiro atoms. The third-order valence-electron chi connectivity index (χ3n) is 14.6. The molecule has 59 heavy (non-hydrogen) atoms. The molecule has 8 aromatic carbocycles. The van der Waals surface area contributed by atoms with Crippen LogP contribution in [0.1, 0.15) is 44.1 Å². The van der Waals surface area contributed by atoms with E-state index in [0.717, 1.165) is 50.9 Å². The molecule has 0 N–H and O–H groups in total. The first-order valence-electron chi connectivity index (χ1n) is 21.6. The van der Waals surface area contributed by atoms with Crippen molar-refractivity contribution in [1.82, 2.24) is 14.5 Å². The predicted molar refractivity (Wildman–Crippen MR) is 245 cm³/mol. The summed E-state index contributed by atoms with van der Waals surface area (Å²) in [6, 6.07) is 62.6.